The highest BCUT2D eigenvalue weighted by molar-refractivity contribution is 6.04. The summed E-state index contributed by atoms with van der Waals surface area (Å²) in [5, 5.41) is 9.13. The average molecular weight is 240 g/mol. The van der Waals surface area contributed by atoms with E-state index >= 15 is 0 Å². The first kappa shape index (κ1) is 12.4. The third-order valence-electron chi connectivity index (χ3n) is 4.22. The van der Waals surface area contributed by atoms with E-state index in [2.05, 4.69) is 18.7 Å². The number of piperazine rings is 1. The van der Waals surface area contributed by atoms with Gasteiger partial charge in [-0.05, 0) is 33.7 Å². The lowest BCUT2D eigenvalue weighted by molar-refractivity contribution is -0.155. The van der Waals surface area contributed by atoms with Gasteiger partial charge in [0.15, 0.2) is 0 Å². The van der Waals surface area contributed by atoms with Crippen molar-refractivity contribution in [2.45, 2.75) is 38.8 Å². The van der Waals surface area contributed by atoms with Crippen LogP contribution < -0.4 is 0 Å². The maximum absolute atomic E-state index is 12.2. The fraction of sp³-hybridized carbons (Fsp3) is 0.833. The van der Waals surface area contributed by atoms with Crippen molar-refractivity contribution >= 4 is 11.9 Å². The normalized spacial score (nSPS) is 32.3. The van der Waals surface area contributed by atoms with Gasteiger partial charge in [-0.25, -0.2) is 0 Å². The molecular formula is C12H20N2O3. The zero-order chi connectivity index (χ0) is 12.8. The van der Waals surface area contributed by atoms with E-state index in [9.17, 15) is 9.59 Å². The van der Waals surface area contributed by atoms with Crippen molar-refractivity contribution in [3.05, 3.63) is 0 Å². The molecule has 0 radical (unpaired) electrons. The number of likely N-dealkylation sites (N-methyl/N-ethyl adjacent to an activating group) is 1. The van der Waals surface area contributed by atoms with E-state index in [1.807, 2.05) is 7.05 Å². The lowest BCUT2D eigenvalue weighted by Gasteiger charge is -2.43. The Kier molecular flexibility index (Phi) is 2.89. The van der Waals surface area contributed by atoms with Gasteiger partial charge in [0.05, 0.1) is 0 Å². The second kappa shape index (κ2) is 3.98. The molecule has 2 aliphatic rings. The summed E-state index contributed by atoms with van der Waals surface area (Å²) in [5.41, 5.74) is -1.09. The molecule has 1 saturated carbocycles. The van der Waals surface area contributed by atoms with Crippen LogP contribution in [0.25, 0.3) is 0 Å². The number of aliphatic carboxylic acids is 1. The number of nitrogens with zero attached hydrogens (tertiary/aromatic N) is 2. The summed E-state index contributed by atoms with van der Waals surface area (Å²) in [4.78, 5) is 27.3. The number of rotatable bonds is 2. The summed E-state index contributed by atoms with van der Waals surface area (Å²) >= 11 is 0. The molecule has 1 saturated heterocycles. The molecule has 0 aromatic heterocycles. The minimum Gasteiger partial charge on any atom is -0.480 e. The number of carboxylic acids is 1. The van der Waals surface area contributed by atoms with Gasteiger partial charge in [-0.1, -0.05) is 0 Å². The van der Waals surface area contributed by atoms with Crippen LogP contribution in [0.15, 0.2) is 0 Å². The molecule has 0 aromatic carbocycles. The molecule has 2 atom stereocenters. The lowest BCUT2D eigenvalue weighted by atomic mass is 10.0. The van der Waals surface area contributed by atoms with Crippen LogP contribution in [0.1, 0.15) is 26.7 Å². The van der Waals surface area contributed by atoms with Crippen molar-refractivity contribution in [3.8, 4) is 0 Å². The Balaban J connectivity index is 2.09. The molecule has 2 unspecified atom stereocenters. The van der Waals surface area contributed by atoms with E-state index in [4.69, 9.17) is 5.11 Å². The van der Waals surface area contributed by atoms with Crippen LogP contribution in [-0.2, 0) is 9.59 Å². The third-order valence-corrected chi connectivity index (χ3v) is 4.22. The molecule has 1 aliphatic heterocycles. The van der Waals surface area contributed by atoms with Gasteiger partial charge in [-0.2, -0.15) is 0 Å². The van der Waals surface area contributed by atoms with E-state index in [1.165, 1.54) is 0 Å². The molecule has 1 aliphatic carbocycles. The van der Waals surface area contributed by atoms with E-state index in [-0.39, 0.29) is 18.0 Å². The molecule has 1 heterocycles. The zero-order valence-corrected chi connectivity index (χ0v) is 10.6. The van der Waals surface area contributed by atoms with Gasteiger partial charge in [-0.15, -0.1) is 0 Å². The number of hydrogen-bond donors (Lipinski definition) is 1. The molecule has 0 bridgehead atoms. The molecule has 1 N–H and O–H groups in total. The minimum absolute atomic E-state index is 0.184. The Hall–Kier alpha value is -1.10. The van der Waals surface area contributed by atoms with Gasteiger partial charge in [0.2, 0.25) is 5.91 Å². The van der Waals surface area contributed by atoms with Gasteiger partial charge < -0.3 is 10.0 Å². The number of carbonyl (C=O) groups excluding carboxylic acids is 1. The van der Waals surface area contributed by atoms with Crippen LogP contribution >= 0.6 is 0 Å². The van der Waals surface area contributed by atoms with Crippen LogP contribution in [0.5, 0.6) is 0 Å². The second-order valence-electron chi connectivity index (χ2n) is 5.46. The molecule has 2 rings (SSSR count). The number of carbonyl (C=O) groups is 2. The van der Waals surface area contributed by atoms with E-state index in [0.29, 0.717) is 25.9 Å². The first-order valence-electron chi connectivity index (χ1n) is 6.13. The number of carboxylic acid groups (broad SMARTS) is 1. The van der Waals surface area contributed by atoms with Gasteiger partial charge in [0, 0.05) is 25.2 Å². The van der Waals surface area contributed by atoms with Gasteiger partial charge in [-0.3, -0.25) is 14.5 Å². The van der Waals surface area contributed by atoms with E-state index < -0.39 is 11.4 Å². The lowest BCUT2D eigenvalue weighted by Crippen LogP contribution is -2.58. The van der Waals surface area contributed by atoms with Crippen molar-refractivity contribution in [2.75, 3.05) is 20.1 Å². The molecule has 5 nitrogen and oxygen atoms in total. The van der Waals surface area contributed by atoms with Crippen molar-refractivity contribution in [2.24, 2.45) is 5.41 Å². The molecule has 17 heavy (non-hydrogen) atoms. The molecular weight excluding hydrogens is 220 g/mol. The minimum atomic E-state index is -1.09. The van der Waals surface area contributed by atoms with Crippen molar-refractivity contribution in [1.29, 1.82) is 0 Å². The van der Waals surface area contributed by atoms with Crippen LogP contribution in [0.4, 0.5) is 0 Å². The summed E-state index contributed by atoms with van der Waals surface area (Å²) in [6, 6.07) is 0.569. The summed E-state index contributed by atoms with van der Waals surface area (Å²) in [5.74, 6) is -1.14. The van der Waals surface area contributed by atoms with Crippen LogP contribution in [0.2, 0.25) is 0 Å². The molecule has 96 valence electrons. The maximum atomic E-state index is 12.2. The van der Waals surface area contributed by atoms with E-state index in [0.717, 1.165) is 0 Å². The summed E-state index contributed by atoms with van der Waals surface area (Å²) in [6.45, 7) is 5.40. The maximum Gasteiger partial charge on any atom is 0.319 e. The topological polar surface area (TPSA) is 60.9 Å². The molecule has 0 aromatic rings. The number of hydrogen-bond acceptors (Lipinski definition) is 3. The molecule has 5 heteroatoms. The van der Waals surface area contributed by atoms with Crippen LogP contribution in [-0.4, -0.2) is 59.0 Å². The van der Waals surface area contributed by atoms with Crippen LogP contribution in [0, 0.1) is 5.41 Å². The average Bonchev–Trinajstić information content (AvgIpc) is 3.05. The highest BCUT2D eigenvalue weighted by atomic mass is 16.4. The summed E-state index contributed by atoms with van der Waals surface area (Å²) in [7, 11) is 2.04. The quantitative estimate of drug-likeness (QED) is 0.710. The highest BCUT2D eigenvalue weighted by Gasteiger charge is 2.59. The molecule has 2 fully saturated rings. The predicted octanol–water partition coefficient (Wildman–Crippen LogP) is 0.402. The van der Waals surface area contributed by atoms with Gasteiger partial charge >= 0.3 is 5.97 Å². The Labute approximate surface area is 101 Å². The van der Waals surface area contributed by atoms with Crippen molar-refractivity contribution < 1.29 is 14.7 Å². The summed E-state index contributed by atoms with van der Waals surface area (Å²) in [6.07, 6.45) is 0.993. The largest absolute Gasteiger partial charge is 0.480 e. The fourth-order valence-corrected chi connectivity index (χ4v) is 2.52. The first-order valence-corrected chi connectivity index (χ1v) is 6.13. The Morgan fingerprint density at radius 2 is 1.65 bits per heavy atom. The zero-order valence-electron chi connectivity index (χ0n) is 10.6. The fourth-order valence-electron chi connectivity index (χ4n) is 2.52. The van der Waals surface area contributed by atoms with Gasteiger partial charge in [0.25, 0.3) is 0 Å². The molecule has 0 spiro atoms. The second-order valence-corrected chi connectivity index (χ2v) is 5.46. The SMILES string of the molecule is CC1CN(C(=O)C2(C(=O)O)CC2)CC(C)N1C. The Morgan fingerprint density at radius 1 is 1.18 bits per heavy atom. The van der Waals surface area contributed by atoms with Crippen LogP contribution in [0.3, 0.4) is 0 Å². The predicted molar refractivity (Wildman–Crippen MR) is 62.6 cm³/mol. The summed E-state index contributed by atoms with van der Waals surface area (Å²) < 4.78 is 0. The Morgan fingerprint density at radius 3 is 2.00 bits per heavy atom. The van der Waals surface area contributed by atoms with Crippen molar-refractivity contribution in [1.82, 2.24) is 9.80 Å². The number of amides is 1. The van der Waals surface area contributed by atoms with Gasteiger partial charge in [0.1, 0.15) is 5.41 Å². The first-order chi connectivity index (χ1) is 7.88. The molecule has 1 amide bonds. The monoisotopic (exact) mass is 240 g/mol. The van der Waals surface area contributed by atoms with Crippen molar-refractivity contribution in [3.63, 3.8) is 0 Å². The standard InChI is InChI=1S/C12H20N2O3/c1-8-6-14(7-9(2)13(8)3)10(15)12(4-5-12)11(16)17/h8-9H,4-7H2,1-3H3,(H,16,17). The smallest absolute Gasteiger partial charge is 0.319 e. The third kappa shape index (κ3) is 1.92. The van der Waals surface area contributed by atoms with E-state index in [1.54, 1.807) is 4.90 Å². The Bertz CT molecular complexity index is 340. The highest BCUT2D eigenvalue weighted by Crippen LogP contribution is 2.47.